The highest BCUT2D eigenvalue weighted by molar-refractivity contribution is 6.31. The number of halogens is 1. The van der Waals surface area contributed by atoms with E-state index in [-0.39, 0.29) is 19.1 Å². The molecule has 27 heavy (non-hydrogen) atoms. The van der Waals surface area contributed by atoms with E-state index in [0.29, 0.717) is 29.4 Å². The summed E-state index contributed by atoms with van der Waals surface area (Å²) < 4.78 is 7.25. The first-order chi connectivity index (χ1) is 13.0. The zero-order valence-corrected chi connectivity index (χ0v) is 15.8. The van der Waals surface area contributed by atoms with Crippen LogP contribution in [0.3, 0.4) is 0 Å². The number of aliphatic hydroxyl groups is 1. The Morgan fingerprint density at radius 1 is 1.30 bits per heavy atom. The number of amides is 1. The van der Waals surface area contributed by atoms with Crippen molar-refractivity contribution in [3.63, 3.8) is 0 Å². The molecule has 2 aromatic heterocycles. The van der Waals surface area contributed by atoms with Gasteiger partial charge in [0.25, 0.3) is 5.91 Å². The molecule has 140 valence electrons. The fourth-order valence-corrected chi connectivity index (χ4v) is 3.47. The first kappa shape index (κ1) is 17.8. The molecule has 3 aromatic rings. The van der Waals surface area contributed by atoms with E-state index in [1.165, 1.54) is 0 Å². The van der Waals surface area contributed by atoms with Gasteiger partial charge in [0.1, 0.15) is 12.4 Å². The lowest BCUT2D eigenvalue weighted by molar-refractivity contribution is 0.0744. The lowest BCUT2D eigenvalue weighted by Crippen LogP contribution is -2.26. The SMILES string of the molecule is Cc1nc2c3c(nn2c(C)c1Cl)CN(C(=O)c1ccccc1OCCO)C3. The van der Waals surface area contributed by atoms with E-state index < -0.39 is 0 Å². The molecule has 0 radical (unpaired) electrons. The van der Waals surface area contributed by atoms with E-state index in [1.54, 1.807) is 33.7 Å². The monoisotopic (exact) mass is 386 g/mol. The molecule has 0 aliphatic carbocycles. The van der Waals surface area contributed by atoms with E-state index in [9.17, 15) is 4.79 Å². The van der Waals surface area contributed by atoms with Crippen LogP contribution in [-0.2, 0) is 13.1 Å². The summed E-state index contributed by atoms with van der Waals surface area (Å²) in [5.41, 5.74) is 4.57. The van der Waals surface area contributed by atoms with Crippen LogP contribution in [0.15, 0.2) is 24.3 Å². The van der Waals surface area contributed by atoms with Crippen LogP contribution in [0.25, 0.3) is 5.65 Å². The van der Waals surface area contributed by atoms with Gasteiger partial charge in [0, 0.05) is 5.56 Å². The Morgan fingerprint density at radius 2 is 2.07 bits per heavy atom. The predicted molar refractivity (Wildman–Crippen MR) is 100 cm³/mol. The Morgan fingerprint density at radius 3 is 2.85 bits per heavy atom. The van der Waals surface area contributed by atoms with Crippen LogP contribution in [0.4, 0.5) is 0 Å². The van der Waals surface area contributed by atoms with Gasteiger partial charge in [0.05, 0.1) is 47.4 Å². The average molecular weight is 387 g/mol. The summed E-state index contributed by atoms with van der Waals surface area (Å²) in [6, 6.07) is 7.05. The Labute approximate surface area is 161 Å². The number of nitrogens with zero attached hydrogens (tertiary/aromatic N) is 4. The average Bonchev–Trinajstić information content (AvgIpc) is 3.23. The number of aromatic nitrogens is 3. The van der Waals surface area contributed by atoms with Gasteiger partial charge in [-0.2, -0.15) is 5.10 Å². The van der Waals surface area contributed by atoms with Crippen LogP contribution < -0.4 is 4.74 Å². The third-order valence-corrected chi connectivity index (χ3v) is 5.26. The number of hydrogen-bond donors (Lipinski definition) is 1. The van der Waals surface area contributed by atoms with Crippen LogP contribution in [-0.4, -0.2) is 43.7 Å². The first-order valence-electron chi connectivity index (χ1n) is 8.66. The van der Waals surface area contributed by atoms with E-state index in [0.717, 1.165) is 28.3 Å². The van der Waals surface area contributed by atoms with Gasteiger partial charge in [-0.3, -0.25) is 4.79 Å². The van der Waals surface area contributed by atoms with E-state index >= 15 is 0 Å². The number of fused-ring (bicyclic) bond motifs is 3. The summed E-state index contributed by atoms with van der Waals surface area (Å²) in [5, 5.41) is 14.2. The summed E-state index contributed by atoms with van der Waals surface area (Å²) in [4.78, 5) is 19.3. The van der Waals surface area contributed by atoms with E-state index in [2.05, 4.69) is 10.1 Å². The third-order valence-electron chi connectivity index (χ3n) is 4.71. The topological polar surface area (TPSA) is 80.0 Å². The van der Waals surface area contributed by atoms with Crippen molar-refractivity contribution in [2.75, 3.05) is 13.2 Å². The van der Waals surface area contributed by atoms with Crippen molar-refractivity contribution >= 4 is 23.2 Å². The van der Waals surface area contributed by atoms with Gasteiger partial charge in [0.15, 0.2) is 5.65 Å². The van der Waals surface area contributed by atoms with Crippen LogP contribution in [0.1, 0.15) is 33.0 Å². The summed E-state index contributed by atoms with van der Waals surface area (Å²) in [7, 11) is 0. The standard InChI is InChI=1S/C19H19ClN4O3/c1-11-17(20)12(2)24-18(21-11)14-9-23(10-15(14)22-24)19(26)13-5-3-4-6-16(13)27-8-7-25/h3-6,25H,7-10H2,1-2H3. The van der Waals surface area contributed by atoms with Gasteiger partial charge < -0.3 is 14.7 Å². The molecular weight excluding hydrogens is 368 g/mol. The largest absolute Gasteiger partial charge is 0.490 e. The van der Waals surface area contributed by atoms with Gasteiger partial charge >= 0.3 is 0 Å². The Balaban J connectivity index is 1.65. The van der Waals surface area contributed by atoms with Gasteiger partial charge in [-0.05, 0) is 26.0 Å². The number of carbonyl (C=O) groups excluding carboxylic acids is 1. The molecule has 4 rings (SSSR count). The molecule has 8 heteroatoms. The zero-order chi connectivity index (χ0) is 19.1. The van der Waals surface area contributed by atoms with Crippen molar-refractivity contribution in [2.24, 2.45) is 0 Å². The molecule has 0 unspecified atom stereocenters. The second-order valence-corrected chi connectivity index (χ2v) is 6.86. The first-order valence-corrected chi connectivity index (χ1v) is 9.04. The second-order valence-electron chi connectivity index (χ2n) is 6.49. The highest BCUT2D eigenvalue weighted by atomic mass is 35.5. The van der Waals surface area contributed by atoms with Crippen LogP contribution in [0.2, 0.25) is 5.02 Å². The number of carbonyl (C=O) groups is 1. The molecular formula is C19H19ClN4O3. The molecule has 7 nitrogen and oxygen atoms in total. The second kappa shape index (κ2) is 6.83. The fourth-order valence-electron chi connectivity index (χ4n) is 3.35. The fraction of sp³-hybridized carbons (Fsp3) is 0.316. The predicted octanol–water partition coefficient (Wildman–Crippen LogP) is 2.53. The quantitative estimate of drug-likeness (QED) is 0.745. The number of ether oxygens (including phenoxy) is 1. The molecule has 0 saturated heterocycles. The maximum absolute atomic E-state index is 13.0. The van der Waals surface area contributed by atoms with Crippen LogP contribution in [0.5, 0.6) is 5.75 Å². The number of hydrogen-bond acceptors (Lipinski definition) is 5. The lowest BCUT2D eigenvalue weighted by Gasteiger charge is -2.18. The minimum Gasteiger partial charge on any atom is -0.490 e. The van der Waals surface area contributed by atoms with Crippen molar-refractivity contribution in [3.8, 4) is 5.75 Å². The van der Waals surface area contributed by atoms with Crippen LogP contribution >= 0.6 is 11.6 Å². The number of rotatable bonds is 4. The van der Waals surface area contributed by atoms with Crippen LogP contribution in [0, 0.1) is 13.8 Å². The Bertz CT molecular complexity index is 1050. The molecule has 1 N–H and O–H groups in total. The highest BCUT2D eigenvalue weighted by Crippen LogP contribution is 2.31. The van der Waals surface area contributed by atoms with Crippen molar-refractivity contribution in [1.29, 1.82) is 0 Å². The number of benzene rings is 1. The van der Waals surface area contributed by atoms with Gasteiger partial charge in [-0.15, -0.1) is 0 Å². The van der Waals surface area contributed by atoms with E-state index in [1.807, 2.05) is 13.8 Å². The molecule has 0 spiro atoms. The van der Waals surface area contributed by atoms with Crippen molar-refractivity contribution in [2.45, 2.75) is 26.9 Å². The zero-order valence-electron chi connectivity index (χ0n) is 15.1. The molecule has 1 aromatic carbocycles. The third kappa shape index (κ3) is 2.93. The summed E-state index contributed by atoms with van der Waals surface area (Å²) in [6.07, 6.45) is 0. The smallest absolute Gasteiger partial charge is 0.258 e. The van der Waals surface area contributed by atoms with Crippen molar-refractivity contribution in [3.05, 3.63) is 57.5 Å². The Kier molecular flexibility index (Phi) is 4.49. The van der Waals surface area contributed by atoms with Crippen molar-refractivity contribution in [1.82, 2.24) is 19.5 Å². The molecule has 0 atom stereocenters. The number of aryl methyl sites for hydroxylation is 2. The highest BCUT2D eigenvalue weighted by Gasteiger charge is 2.31. The Hall–Kier alpha value is -2.64. The molecule has 1 aliphatic rings. The summed E-state index contributed by atoms with van der Waals surface area (Å²) in [6.45, 7) is 4.64. The van der Waals surface area contributed by atoms with Crippen molar-refractivity contribution < 1.29 is 14.6 Å². The number of para-hydroxylation sites is 1. The van der Waals surface area contributed by atoms with Gasteiger partial charge in [0.2, 0.25) is 0 Å². The van der Waals surface area contributed by atoms with E-state index in [4.69, 9.17) is 21.4 Å². The minimum atomic E-state index is -0.137. The maximum Gasteiger partial charge on any atom is 0.258 e. The summed E-state index contributed by atoms with van der Waals surface area (Å²) >= 11 is 6.28. The molecule has 0 fully saturated rings. The minimum absolute atomic E-state index is 0.109. The maximum atomic E-state index is 13.0. The molecule has 1 aliphatic heterocycles. The van der Waals surface area contributed by atoms with Gasteiger partial charge in [-0.1, -0.05) is 23.7 Å². The normalized spacial score (nSPS) is 13.3. The lowest BCUT2D eigenvalue weighted by atomic mass is 10.1. The molecule has 1 amide bonds. The summed E-state index contributed by atoms with van der Waals surface area (Å²) in [5.74, 6) is 0.328. The molecule has 0 saturated carbocycles. The molecule has 3 heterocycles. The number of aliphatic hydroxyl groups excluding tert-OH is 1. The van der Waals surface area contributed by atoms with Gasteiger partial charge in [-0.25, -0.2) is 9.50 Å². The molecule has 0 bridgehead atoms.